The van der Waals surface area contributed by atoms with Crippen LogP contribution in [0.15, 0.2) is 22.7 Å². The Labute approximate surface area is 183 Å². The minimum absolute atomic E-state index is 0.233. The van der Waals surface area contributed by atoms with Crippen LogP contribution in [0.4, 0.5) is 4.79 Å². The standard InChI is InChI=1S/C22H33BBrNO4/c1-20(2,3)27-19(26)25-10-8-9-15(14-25)16-11-17(13-18(24)12-16)23-28-21(4,5)22(6,7)29-23/h11-13,15H,8-10,14H2,1-7H3. The fourth-order valence-corrected chi connectivity index (χ4v) is 4.26. The van der Waals surface area contributed by atoms with E-state index in [2.05, 4.69) is 61.8 Å². The highest BCUT2D eigenvalue weighted by Gasteiger charge is 2.51. The molecule has 2 aliphatic heterocycles. The van der Waals surface area contributed by atoms with Crippen molar-refractivity contribution < 1.29 is 18.8 Å². The van der Waals surface area contributed by atoms with Gasteiger partial charge in [-0.1, -0.05) is 22.0 Å². The van der Waals surface area contributed by atoms with Crippen LogP contribution in [0.5, 0.6) is 0 Å². The molecule has 2 fully saturated rings. The van der Waals surface area contributed by atoms with Crippen molar-refractivity contribution in [2.24, 2.45) is 0 Å². The van der Waals surface area contributed by atoms with Crippen molar-refractivity contribution >= 4 is 34.6 Å². The molecule has 1 unspecified atom stereocenters. The molecule has 160 valence electrons. The van der Waals surface area contributed by atoms with Gasteiger partial charge in [-0.05, 0) is 84.5 Å². The Morgan fingerprint density at radius 3 is 2.38 bits per heavy atom. The molecule has 5 nitrogen and oxygen atoms in total. The normalized spacial score (nSPS) is 23.9. The lowest BCUT2D eigenvalue weighted by Gasteiger charge is -2.34. The Bertz CT molecular complexity index is 759. The summed E-state index contributed by atoms with van der Waals surface area (Å²) in [5.74, 6) is 0.259. The van der Waals surface area contributed by atoms with Gasteiger partial charge in [-0.25, -0.2) is 4.79 Å². The van der Waals surface area contributed by atoms with Crippen LogP contribution < -0.4 is 5.46 Å². The van der Waals surface area contributed by atoms with E-state index in [1.807, 2.05) is 25.7 Å². The molecule has 7 heteroatoms. The molecular weight excluding hydrogens is 433 g/mol. The van der Waals surface area contributed by atoms with Crippen LogP contribution in [-0.4, -0.2) is 48.0 Å². The molecule has 0 aromatic heterocycles. The second-order valence-electron chi connectivity index (χ2n) is 10.2. The smallest absolute Gasteiger partial charge is 0.444 e. The molecule has 1 aromatic carbocycles. The summed E-state index contributed by atoms with van der Waals surface area (Å²) >= 11 is 3.65. The molecule has 2 heterocycles. The van der Waals surface area contributed by atoms with Crippen molar-refractivity contribution in [1.29, 1.82) is 0 Å². The highest BCUT2D eigenvalue weighted by atomic mass is 79.9. The lowest BCUT2D eigenvalue weighted by Crippen LogP contribution is -2.42. The fourth-order valence-electron chi connectivity index (χ4n) is 3.73. The van der Waals surface area contributed by atoms with Crippen LogP contribution in [0.25, 0.3) is 0 Å². The average molecular weight is 466 g/mol. The zero-order chi connectivity index (χ0) is 21.6. The van der Waals surface area contributed by atoms with E-state index in [0.717, 1.165) is 29.3 Å². The second kappa shape index (κ2) is 7.90. The summed E-state index contributed by atoms with van der Waals surface area (Å²) in [7, 11) is -0.401. The van der Waals surface area contributed by atoms with Gasteiger partial charge in [0.2, 0.25) is 0 Å². The molecule has 1 atom stereocenters. The fraction of sp³-hybridized carbons (Fsp3) is 0.682. The maximum Gasteiger partial charge on any atom is 0.494 e. The number of hydrogen-bond donors (Lipinski definition) is 0. The zero-order valence-electron chi connectivity index (χ0n) is 18.7. The zero-order valence-corrected chi connectivity index (χ0v) is 20.3. The SMILES string of the molecule is CC(C)(C)OC(=O)N1CCCC(c2cc(Br)cc(B3OC(C)(C)C(C)(C)O3)c2)C1. The number of rotatable bonds is 2. The van der Waals surface area contributed by atoms with E-state index >= 15 is 0 Å². The van der Waals surface area contributed by atoms with Gasteiger partial charge in [0, 0.05) is 23.5 Å². The van der Waals surface area contributed by atoms with Crippen molar-refractivity contribution in [1.82, 2.24) is 4.90 Å². The van der Waals surface area contributed by atoms with Gasteiger partial charge >= 0.3 is 13.2 Å². The van der Waals surface area contributed by atoms with Crippen LogP contribution in [0, 0.1) is 0 Å². The molecule has 1 amide bonds. The van der Waals surface area contributed by atoms with Crippen molar-refractivity contribution in [2.45, 2.75) is 84.0 Å². The number of amides is 1. The lowest BCUT2D eigenvalue weighted by molar-refractivity contribution is 0.00578. The van der Waals surface area contributed by atoms with Crippen LogP contribution >= 0.6 is 15.9 Å². The molecule has 0 saturated carbocycles. The summed E-state index contributed by atoms with van der Waals surface area (Å²) in [6, 6.07) is 6.36. The van der Waals surface area contributed by atoms with Crippen molar-refractivity contribution in [3.63, 3.8) is 0 Å². The van der Waals surface area contributed by atoms with E-state index in [0.29, 0.717) is 6.54 Å². The average Bonchev–Trinajstić information content (AvgIpc) is 2.81. The number of benzene rings is 1. The van der Waals surface area contributed by atoms with Gasteiger partial charge in [0.1, 0.15) is 5.60 Å². The van der Waals surface area contributed by atoms with E-state index < -0.39 is 12.7 Å². The molecular formula is C22H33BBrNO4. The third-order valence-corrected chi connectivity index (χ3v) is 6.47. The predicted octanol–water partition coefficient (Wildman–Crippen LogP) is 4.86. The molecule has 0 radical (unpaired) electrons. The first-order valence-electron chi connectivity index (χ1n) is 10.4. The Morgan fingerprint density at radius 2 is 1.79 bits per heavy atom. The number of ether oxygens (including phenoxy) is 1. The van der Waals surface area contributed by atoms with Gasteiger partial charge < -0.3 is 18.9 Å². The number of hydrogen-bond acceptors (Lipinski definition) is 4. The van der Waals surface area contributed by atoms with Crippen molar-refractivity contribution in [2.75, 3.05) is 13.1 Å². The number of piperidine rings is 1. The molecule has 3 rings (SSSR count). The van der Waals surface area contributed by atoms with E-state index in [1.54, 1.807) is 0 Å². The largest absolute Gasteiger partial charge is 0.494 e. The summed E-state index contributed by atoms with van der Waals surface area (Å²) in [5.41, 5.74) is 0.959. The van der Waals surface area contributed by atoms with E-state index in [1.165, 1.54) is 5.56 Å². The first-order chi connectivity index (χ1) is 13.3. The lowest BCUT2D eigenvalue weighted by atomic mass is 9.76. The summed E-state index contributed by atoms with van der Waals surface area (Å²) in [4.78, 5) is 14.4. The molecule has 29 heavy (non-hydrogen) atoms. The molecule has 2 aliphatic rings. The Kier molecular flexibility index (Phi) is 6.16. The minimum Gasteiger partial charge on any atom is -0.444 e. The highest BCUT2D eigenvalue weighted by molar-refractivity contribution is 9.10. The molecule has 1 aromatic rings. The molecule has 0 bridgehead atoms. The van der Waals surface area contributed by atoms with Crippen LogP contribution in [-0.2, 0) is 14.0 Å². The third-order valence-electron chi connectivity index (χ3n) is 6.01. The first kappa shape index (κ1) is 22.6. The number of halogens is 1. The van der Waals surface area contributed by atoms with Gasteiger partial charge in [0.15, 0.2) is 0 Å². The Morgan fingerprint density at radius 1 is 1.17 bits per heavy atom. The number of carbonyl (C=O) groups excluding carboxylic acids is 1. The van der Waals surface area contributed by atoms with Gasteiger partial charge in [-0.2, -0.15) is 0 Å². The number of likely N-dealkylation sites (tertiary alicyclic amines) is 1. The van der Waals surface area contributed by atoms with Gasteiger partial charge in [-0.3, -0.25) is 0 Å². The van der Waals surface area contributed by atoms with Crippen LogP contribution in [0.3, 0.4) is 0 Å². The van der Waals surface area contributed by atoms with Crippen LogP contribution in [0.2, 0.25) is 0 Å². The van der Waals surface area contributed by atoms with Crippen molar-refractivity contribution in [3.8, 4) is 0 Å². The highest BCUT2D eigenvalue weighted by Crippen LogP contribution is 2.37. The topological polar surface area (TPSA) is 48.0 Å². The summed E-state index contributed by atoms with van der Waals surface area (Å²) in [6.07, 6.45) is 1.77. The Hall–Kier alpha value is -1.05. The van der Waals surface area contributed by atoms with E-state index in [9.17, 15) is 4.79 Å². The quantitative estimate of drug-likeness (QED) is 0.585. The molecule has 0 aliphatic carbocycles. The number of carbonyl (C=O) groups is 1. The van der Waals surface area contributed by atoms with E-state index in [4.69, 9.17) is 14.0 Å². The maximum atomic E-state index is 12.5. The van der Waals surface area contributed by atoms with Gasteiger partial charge in [0.25, 0.3) is 0 Å². The Balaban J connectivity index is 1.79. The van der Waals surface area contributed by atoms with Crippen LogP contribution in [0.1, 0.15) is 72.8 Å². The summed E-state index contributed by atoms with van der Waals surface area (Å²) in [6.45, 7) is 15.3. The van der Waals surface area contributed by atoms with E-state index in [-0.39, 0.29) is 23.2 Å². The minimum atomic E-state index is -0.482. The molecule has 2 saturated heterocycles. The third kappa shape index (κ3) is 5.17. The second-order valence-corrected chi connectivity index (χ2v) is 11.1. The predicted molar refractivity (Wildman–Crippen MR) is 120 cm³/mol. The van der Waals surface area contributed by atoms with Crippen molar-refractivity contribution in [3.05, 3.63) is 28.2 Å². The van der Waals surface area contributed by atoms with Gasteiger partial charge in [-0.15, -0.1) is 0 Å². The van der Waals surface area contributed by atoms with Gasteiger partial charge in [0.05, 0.1) is 11.2 Å². The first-order valence-corrected chi connectivity index (χ1v) is 11.2. The monoisotopic (exact) mass is 465 g/mol. The summed E-state index contributed by atoms with van der Waals surface area (Å²) < 4.78 is 19.0. The number of nitrogens with zero attached hydrogens (tertiary/aromatic N) is 1. The molecule has 0 spiro atoms. The summed E-state index contributed by atoms with van der Waals surface area (Å²) in [5, 5.41) is 0. The maximum absolute atomic E-state index is 12.5. The molecule has 0 N–H and O–H groups in total.